The van der Waals surface area contributed by atoms with Crippen LogP contribution in [0.3, 0.4) is 0 Å². The van der Waals surface area contributed by atoms with E-state index in [4.69, 9.17) is 9.15 Å². The molecule has 0 atom stereocenters. The summed E-state index contributed by atoms with van der Waals surface area (Å²) in [4.78, 5) is 2.42. The molecule has 1 aliphatic carbocycles. The predicted octanol–water partition coefficient (Wildman–Crippen LogP) is 13.2. The van der Waals surface area contributed by atoms with Crippen LogP contribution in [-0.2, 0) is 5.41 Å². The average Bonchev–Trinajstić information content (AvgIpc) is 3.73. The Labute approximate surface area is 301 Å². The van der Waals surface area contributed by atoms with Crippen molar-refractivity contribution in [2.45, 2.75) is 5.41 Å². The second kappa shape index (κ2) is 11.1. The number of hydrogen-bond donors (Lipinski definition) is 0. The van der Waals surface area contributed by atoms with Crippen molar-refractivity contribution < 1.29 is 9.15 Å². The molecule has 0 saturated heterocycles. The van der Waals surface area contributed by atoms with Gasteiger partial charge in [-0.3, -0.25) is 0 Å². The molecule has 0 fully saturated rings. The van der Waals surface area contributed by atoms with Gasteiger partial charge in [-0.1, -0.05) is 133 Å². The minimum Gasteiger partial charge on any atom is -0.457 e. The van der Waals surface area contributed by atoms with Gasteiger partial charge in [-0.25, -0.2) is 0 Å². The van der Waals surface area contributed by atoms with Crippen LogP contribution in [0.5, 0.6) is 11.5 Å². The van der Waals surface area contributed by atoms with Gasteiger partial charge in [0, 0.05) is 38.8 Å². The quantitative estimate of drug-likeness (QED) is 0.187. The monoisotopic (exact) mass is 665 g/mol. The molecule has 0 radical (unpaired) electrons. The third kappa shape index (κ3) is 3.96. The van der Waals surface area contributed by atoms with Crippen LogP contribution >= 0.6 is 0 Å². The van der Waals surface area contributed by atoms with Crippen molar-refractivity contribution >= 4 is 39.0 Å². The summed E-state index contributed by atoms with van der Waals surface area (Å²) in [6, 6.07) is 67.1. The molecule has 8 aromatic carbocycles. The smallest absolute Gasteiger partial charge is 0.136 e. The van der Waals surface area contributed by atoms with Crippen LogP contribution in [0.2, 0.25) is 0 Å². The molecule has 2 heterocycles. The highest BCUT2D eigenvalue weighted by Crippen LogP contribution is 2.64. The summed E-state index contributed by atoms with van der Waals surface area (Å²) >= 11 is 0. The largest absolute Gasteiger partial charge is 0.457 e. The molecule has 1 aliphatic heterocycles. The van der Waals surface area contributed by atoms with Crippen LogP contribution in [0.25, 0.3) is 44.2 Å². The van der Waals surface area contributed by atoms with Gasteiger partial charge in [-0.05, 0) is 82.4 Å². The van der Waals surface area contributed by atoms with E-state index in [0.717, 1.165) is 72.8 Å². The number of rotatable bonds is 4. The summed E-state index contributed by atoms with van der Waals surface area (Å²) in [6.45, 7) is 0. The Bertz CT molecular complexity index is 2800. The van der Waals surface area contributed by atoms with Crippen molar-refractivity contribution in [3.63, 3.8) is 0 Å². The molecule has 1 spiro atoms. The molecule has 0 bridgehead atoms. The number of nitrogens with zero attached hydrogens (tertiary/aromatic N) is 1. The standard InChI is InChI=1S/C49H31NO2/c1-2-16-33(17-3-1)50(34-18-12-15-32(31-34)35-21-13-30-46-47(35)37-20-5-9-27-43(37)51-46)42-26-14-25-41-48(42)36-19-4-6-22-38(36)49(41)39-23-7-10-28-44(39)52-45-29-11-8-24-40(45)49/h1-31H. The van der Waals surface area contributed by atoms with Crippen molar-refractivity contribution in [3.8, 4) is 33.8 Å². The topological polar surface area (TPSA) is 25.6 Å². The van der Waals surface area contributed by atoms with Gasteiger partial charge in [0.15, 0.2) is 0 Å². The van der Waals surface area contributed by atoms with Gasteiger partial charge in [0.2, 0.25) is 0 Å². The van der Waals surface area contributed by atoms with Crippen molar-refractivity contribution in [1.82, 2.24) is 0 Å². The molecule has 0 saturated carbocycles. The Morgan fingerprint density at radius 3 is 1.85 bits per heavy atom. The second-order valence-electron chi connectivity index (χ2n) is 13.6. The molecule has 9 aromatic rings. The first-order chi connectivity index (χ1) is 25.8. The van der Waals surface area contributed by atoms with Crippen molar-refractivity contribution in [3.05, 3.63) is 210 Å². The van der Waals surface area contributed by atoms with E-state index in [-0.39, 0.29) is 0 Å². The number of ether oxygens (including phenoxy) is 1. The Kier molecular flexibility index (Phi) is 6.17. The minimum atomic E-state index is -0.546. The number of fused-ring (bicyclic) bond motifs is 12. The van der Waals surface area contributed by atoms with E-state index in [1.54, 1.807) is 0 Å². The number of anilines is 3. The third-order valence-corrected chi connectivity index (χ3v) is 10.9. The SMILES string of the molecule is c1ccc(N(c2cccc(-c3cccc4oc5ccccc5c34)c2)c2cccc3c2-c2ccccc2C32c3ccccc3Oc3ccccc32)cc1. The molecule has 0 N–H and O–H groups in total. The third-order valence-electron chi connectivity index (χ3n) is 10.9. The lowest BCUT2D eigenvalue weighted by Crippen LogP contribution is -2.32. The molecular formula is C49H31NO2. The van der Waals surface area contributed by atoms with Crippen molar-refractivity contribution in [2.24, 2.45) is 0 Å². The maximum absolute atomic E-state index is 6.60. The molecule has 2 aliphatic rings. The highest BCUT2D eigenvalue weighted by Gasteiger charge is 2.51. The highest BCUT2D eigenvalue weighted by molar-refractivity contribution is 6.12. The first kappa shape index (κ1) is 28.9. The summed E-state index contributed by atoms with van der Waals surface area (Å²) in [6.07, 6.45) is 0. The summed E-state index contributed by atoms with van der Waals surface area (Å²) < 4.78 is 12.9. The van der Waals surface area contributed by atoms with Gasteiger partial charge in [0.1, 0.15) is 22.7 Å². The molecule has 0 amide bonds. The Hall–Kier alpha value is -6.84. The number of benzene rings is 8. The summed E-state index contributed by atoms with van der Waals surface area (Å²) in [5, 5.41) is 2.26. The van der Waals surface area contributed by atoms with Crippen LogP contribution in [0.4, 0.5) is 17.1 Å². The molecule has 1 aromatic heterocycles. The molecular weight excluding hydrogens is 635 g/mol. The summed E-state index contributed by atoms with van der Waals surface area (Å²) in [5.74, 6) is 1.78. The Morgan fingerprint density at radius 1 is 0.423 bits per heavy atom. The molecule has 244 valence electrons. The van der Waals surface area contributed by atoms with Crippen molar-refractivity contribution in [1.29, 1.82) is 0 Å². The van der Waals surface area contributed by atoms with E-state index in [9.17, 15) is 0 Å². The van der Waals surface area contributed by atoms with Crippen molar-refractivity contribution in [2.75, 3.05) is 4.90 Å². The maximum Gasteiger partial charge on any atom is 0.136 e. The molecule has 3 heteroatoms. The zero-order valence-electron chi connectivity index (χ0n) is 28.2. The van der Waals surface area contributed by atoms with Crippen LogP contribution in [0, 0.1) is 0 Å². The summed E-state index contributed by atoms with van der Waals surface area (Å²) in [7, 11) is 0. The molecule has 3 nitrogen and oxygen atoms in total. The fourth-order valence-electron chi connectivity index (χ4n) is 8.90. The first-order valence-corrected chi connectivity index (χ1v) is 17.8. The van der Waals surface area contributed by atoms with E-state index >= 15 is 0 Å². The van der Waals surface area contributed by atoms with Gasteiger partial charge >= 0.3 is 0 Å². The van der Waals surface area contributed by atoms with E-state index in [0.29, 0.717) is 0 Å². The van der Waals surface area contributed by atoms with Crippen LogP contribution < -0.4 is 9.64 Å². The van der Waals surface area contributed by atoms with Gasteiger partial charge in [0.25, 0.3) is 0 Å². The van der Waals surface area contributed by atoms with E-state index in [1.807, 2.05) is 12.1 Å². The highest BCUT2D eigenvalue weighted by atomic mass is 16.5. The van der Waals surface area contributed by atoms with Gasteiger partial charge in [0.05, 0.1) is 11.1 Å². The average molecular weight is 666 g/mol. The maximum atomic E-state index is 6.60. The van der Waals surface area contributed by atoms with E-state index < -0.39 is 5.41 Å². The fourth-order valence-corrected chi connectivity index (χ4v) is 8.90. The lowest BCUT2D eigenvalue weighted by molar-refractivity contribution is 0.436. The predicted molar refractivity (Wildman–Crippen MR) is 211 cm³/mol. The Morgan fingerprint density at radius 2 is 1.02 bits per heavy atom. The zero-order valence-corrected chi connectivity index (χ0v) is 28.2. The Balaban J connectivity index is 1.19. The van der Waals surface area contributed by atoms with Crippen LogP contribution in [0.1, 0.15) is 22.3 Å². The summed E-state index contributed by atoms with van der Waals surface area (Å²) in [5.41, 5.74) is 14.1. The van der Waals surface area contributed by atoms with E-state index in [2.05, 4.69) is 181 Å². The normalized spacial score (nSPS) is 13.3. The second-order valence-corrected chi connectivity index (χ2v) is 13.6. The van der Waals surface area contributed by atoms with Gasteiger partial charge in [-0.15, -0.1) is 0 Å². The van der Waals surface area contributed by atoms with Gasteiger partial charge < -0.3 is 14.1 Å². The molecule has 11 rings (SSSR count). The molecule has 0 unspecified atom stereocenters. The van der Waals surface area contributed by atoms with E-state index in [1.165, 1.54) is 22.3 Å². The number of para-hydroxylation sites is 4. The van der Waals surface area contributed by atoms with Crippen LogP contribution in [-0.4, -0.2) is 0 Å². The van der Waals surface area contributed by atoms with Gasteiger partial charge in [-0.2, -0.15) is 0 Å². The van der Waals surface area contributed by atoms with Crippen LogP contribution in [0.15, 0.2) is 192 Å². The zero-order chi connectivity index (χ0) is 34.2. The number of hydrogen-bond acceptors (Lipinski definition) is 3. The number of furan rings is 1. The first-order valence-electron chi connectivity index (χ1n) is 17.8. The lowest BCUT2D eigenvalue weighted by atomic mass is 9.66. The minimum absolute atomic E-state index is 0.546. The fraction of sp³-hybridized carbons (Fsp3) is 0.0204. The lowest BCUT2D eigenvalue weighted by Gasteiger charge is -2.39. The molecule has 52 heavy (non-hydrogen) atoms.